The van der Waals surface area contributed by atoms with Crippen molar-refractivity contribution in [3.63, 3.8) is 0 Å². The molecule has 0 unspecified atom stereocenters. The van der Waals surface area contributed by atoms with Crippen LogP contribution >= 0.6 is 23.2 Å². The highest BCUT2D eigenvalue weighted by atomic mass is 35.5. The molecular formula is C31H37Cl2N3O5S. The highest BCUT2D eigenvalue weighted by Gasteiger charge is 2.34. The molecule has 0 spiro atoms. The van der Waals surface area contributed by atoms with Gasteiger partial charge in [0.05, 0.1) is 18.6 Å². The molecule has 11 heteroatoms. The Hall–Kier alpha value is -3.27. The summed E-state index contributed by atoms with van der Waals surface area (Å²) in [5, 5.41) is 3.74. The molecule has 42 heavy (non-hydrogen) atoms. The minimum absolute atomic E-state index is 0.0506. The standard InChI is InChI=1S/C31H37Cl2N3O5S/c1-5-22(3)34-31(38)28(18-23-12-8-7-9-13-23)35(20-24-16-17-25(32)19-26(24)33)30(37)21-36(42(4,39)40)27-14-10-11-15-29(27)41-6-2/h7-17,19,22,28H,5-6,18,20-21H2,1-4H3,(H,34,38)/t22-,28+/m1/s1. The van der Waals surface area contributed by atoms with Gasteiger partial charge in [-0.2, -0.15) is 0 Å². The van der Waals surface area contributed by atoms with Crippen molar-refractivity contribution in [1.29, 1.82) is 0 Å². The highest BCUT2D eigenvalue weighted by molar-refractivity contribution is 7.92. The van der Waals surface area contributed by atoms with Crippen molar-refractivity contribution in [2.75, 3.05) is 23.7 Å². The van der Waals surface area contributed by atoms with Crippen LogP contribution in [-0.2, 0) is 32.6 Å². The first-order valence-corrected chi connectivity index (χ1v) is 16.3. The molecule has 3 aromatic rings. The van der Waals surface area contributed by atoms with E-state index in [-0.39, 0.29) is 30.6 Å². The van der Waals surface area contributed by atoms with Crippen molar-refractivity contribution < 1.29 is 22.7 Å². The summed E-state index contributed by atoms with van der Waals surface area (Å²) in [7, 11) is -3.94. The lowest BCUT2D eigenvalue weighted by molar-refractivity contribution is -0.140. The molecule has 0 fully saturated rings. The predicted molar refractivity (Wildman–Crippen MR) is 169 cm³/mol. The first-order chi connectivity index (χ1) is 19.9. The Morgan fingerprint density at radius 1 is 0.976 bits per heavy atom. The van der Waals surface area contributed by atoms with E-state index in [9.17, 15) is 18.0 Å². The molecule has 2 atom stereocenters. The Morgan fingerprint density at radius 2 is 1.64 bits per heavy atom. The number of carbonyl (C=O) groups excluding carboxylic acids is 2. The molecule has 0 saturated carbocycles. The summed E-state index contributed by atoms with van der Waals surface area (Å²) in [6, 6.07) is 19.8. The number of carbonyl (C=O) groups is 2. The largest absolute Gasteiger partial charge is 0.492 e. The van der Waals surface area contributed by atoms with Crippen LogP contribution in [0.15, 0.2) is 72.8 Å². The van der Waals surface area contributed by atoms with E-state index in [0.717, 1.165) is 16.1 Å². The van der Waals surface area contributed by atoms with Crippen molar-refractivity contribution in [3.05, 3.63) is 94.0 Å². The number of halogens is 2. The Bertz CT molecular complexity index is 1470. The summed E-state index contributed by atoms with van der Waals surface area (Å²) in [4.78, 5) is 29.4. The van der Waals surface area contributed by atoms with E-state index in [1.54, 1.807) is 49.4 Å². The van der Waals surface area contributed by atoms with Crippen molar-refractivity contribution in [2.24, 2.45) is 0 Å². The third kappa shape index (κ3) is 9.11. The zero-order valence-electron chi connectivity index (χ0n) is 24.2. The molecule has 0 saturated heterocycles. The van der Waals surface area contributed by atoms with E-state index >= 15 is 0 Å². The van der Waals surface area contributed by atoms with E-state index in [1.807, 2.05) is 44.2 Å². The van der Waals surface area contributed by atoms with Crippen LogP contribution < -0.4 is 14.4 Å². The Balaban J connectivity index is 2.11. The number of ether oxygens (including phenoxy) is 1. The van der Waals surface area contributed by atoms with Gasteiger partial charge in [0.2, 0.25) is 21.8 Å². The molecule has 1 N–H and O–H groups in total. The number of para-hydroxylation sites is 2. The van der Waals surface area contributed by atoms with E-state index in [0.29, 0.717) is 34.4 Å². The fraction of sp³-hybridized carbons (Fsp3) is 0.355. The van der Waals surface area contributed by atoms with Gasteiger partial charge in [0.15, 0.2) is 0 Å². The summed E-state index contributed by atoms with van der Waals surface area (Å²) in [6.07, 6.45) is 1.92. The van der Waals surface area contributed by atoms with Gasteiger partial charge in [-0.05, 0) is 55.7 Å². The number of hydrogen-bond acceptors (Lipinski definition) is 5. The summed E-state index contributed by atoms with van der Waals surface area (Å²) in [5.41, 5.74) is 1.62. The number of benzene rings is 3. The van der Waals surface area contributed by atoms with Gasteiger partial charge in [0.1, 0.15) is 18.3 Å². The number of hydrogen-bond donors (Lipinski definition) is 1. The quantitative estimate of drug-likeness (QED) is 0.245. The molecule has 0 aliphatic rings. The fourth-order valence-corrected chi connectivity index (χ4v) is 5.69. The van der Waals surface area contributed by atoms with Gasteiger partial charge in [-0.25, -0.2) is 8.42 Å². The summed E-state index contributed by atoms with van der Waals surface area (Å²) < 4.78 is 32.8. The lowest BCUT2D eigenvalue weighted by Gasteiger charge is -2.34. The summed E-state index contributed by atoms with van der Waals surface area (Å²) in [5.74, 6) is -0.619. The normalized spacial score (nSPS) is 12.7. The first-order valence-electron chi connectivity index (χ1n) is 13.7. The second-order valence-electron chi connectivity index (χ2n) is 9.95. The Kier molecular flexibility index (Phi) is 12.1. The number of nitrogens with zero attached hydrogens (tertiary/aromatic N) is 2. The average molecular weight is 635 g/mol. The third-order valence-electron chi connectivity index (χ3n) is 6.74. The molecule has 3 rings (SSSR count). The SMILES string of the molecule is CCOc1ccccc1N(CC(=O)N(Cc1ccc(Cl)cc1Cl)[C@@H](Cc1ccccc1)C(=O)N[C@H](C)CC)S(C)(=O)=O. The molecule has 0 aliphatic heterocycles. The van der Waals surface area contributed by atoms with Crippen LogP contribution in [0.3, 0.4) is 0 Å². The van der Waals surface area contributed by atoms with Gasteiger partial charge in [-0.15, -0.1) is 0 Å². The first kappa shape index (κ1) is 33.2. The number of amides is 2. The van der Waals surface area contributed by atoms with Gasteiger partial charge in [0.25, 0.3) is 0 Å². The molecule has 3 aromatic carbocycles. The van der Waals surface area contributed by atoms with Crippen molar-refractivity contribution in [2.45, 2.75) is 52.2 Å². The van der Waals surface area contributed by atoms with Crippen LogP contribution in [0.5, 0.6) is 5.75 Å². The molecule has 0 aromatic heterocycles. The average Bonchev–Trinajstić information content (AvgIpc) is 2.95. The molecule has 226 valence electrons. The Morgan fingerprint density at radius 3 is 2.26 bits per heavy atom. The second kappa shape index (κ2) is 15.3. The summed E-state index contributed by atoms with van der Waals surface area (Å²) in [6.45, 7) is 5.32. The number of anilines is 1. The van der Waals surface area contributed by atoms with Crippen LogP contribution in [0.2, 0.25) is 10.0 Å². The van der Waals surface area contributed by atoms with E-state index in [2.05, 4.69) is 5.32 Å². The zero-order valence-corrected chi connectivity index (χ0v) is 26.5. The lowest BCUT2D eigenvalue weighted by atomic mass is 10.0. The number of nitrogens with one attached hydrogen (secondary N) is 1. The molecule has 0 radical (unpaired) electrons. The van der Waals surface area contributed by atoms with Gasteiger partial charge in [-0.3, -0.25) is 13.9 Å². The highest BCUT2D eigenvalue weighted by Crippen LogP contribution is 2.31. The minimum atomic E-state index is -3.94. The van der Waals surface area contributed by atoms with Crippen molar-refractivity contribution in [1.82, 2.24) is 10.2 Å². The van der Waals surface area contributed by atoms with Crippen LogP contribution in [0.4, 0.5) is 5.69 Å². The van der Waals surface area contributed by atoms with E-state index < -0.39 is 28.5 Å². The van der Waals surface area contributed by atoms with Gasteiger partial charge in [-0.1, -0.05) is 78.7 Å². The fourth-order valence-electron chi connectivity index (χ4n) is 4.36. The van der Waals surface area contributed by atoms with Gasteiger partial charge in [0, 0.05) is 29.1 Å². The number of sulfonamides is 1. The van der Waals surface area contributed by atoms with Crippen LogP contribution in [-0.4, -0.2) is 56.6 Å². The topological polar surface area (TPSA) is 96.0 Å². The lowest BCUT2D eigenvalue weighted by Crippen LogP contribution is -2.54. The maximum Gasteiger partial charge on any atom is 0.244 e. The van der Waals surface area contributed by atoms with Gasteiger partial charge < -0.3 is 15.0 Å². The van der Waals surface area contributed by atoms with Crippen molar-refractivity contribution >= 4 is 50.7 Å². The van der Waals surface area contributed by atoms with E-state index in [1.165, 1.54) is 4.90 Å². The Labute approximate surface area is 258 Å². The monoisotopic (exact) mass is 633 g/mol. The third-order valence-corrected chi connectivity index (χ3v) is 8.45. The molecule has 2 amide bonds. The van der Waals surface area contributed by atoms with Crippen molar-refractivity contribution in [3.8, 4) is 5.75 Å². The molecular weight excluding hydrogens is 597 g/mol. The number of rotatable bonds is 14. The molecule has 8 nitrogen and oxygen atoms in total. The van der Waals surface area contributed by atoms with Gasteiger partial charge >= 0.3 is 0 Å². The molecule has 0 heterocycles. The predicted octanol–water partition coefficient (Wildman–Crippen LogP) is 5.71. The van der Waals surface area contributed by atoms with Crippen LogP contribution in [0.1, 0.15) is 38.3 Å². The second-order valence-corrected chi connectivity index (χ2v) is 12.7. The zero-order chi connectivity index (χ0) is 30.9. The molecule has 0 aliphatic carbocycles. The van der Waals surface area contributed by atoms with E-state index in [4.69, 9.17) is 27.9 Å². The maximum atomic E-state index is 14.2. The minimum Gasteiger partial charge on any atom is -0.492 e. The molecule has 0 bridgehead atoms. The smallest absolute Gasteiger partial charge is 0.244 e. The van der Waals surface area contributed by atoms with Crippen LogP contribution in [0, 0.1) is 0 Å². The maximum absolute atomic E-state index is 14.2. The summed E-state index contributed by atoms with van der Waals surface area (Å²) >= 11 is 12.6. The van der Waals surface area contributed by atoms with Crippen LogP contribution in [0.25, 0.3) is 0 Å².